The molecule has 28 heavy (non-hydrogen) atoms. The molecule has 1 saturated carbocycles. The highest BCUT2D eigenvalue weighted by Gasteiger charge is 2.34. The third-order valence-corrected chi connectivity index (χ3v) is 6.65. The number of hydrogen-bond donors (Lipinski definition) is 1. The van der Waals surface area contributed by atoms with Crippen molar-refractivity contribution >= 4 is 38.2 Å². The van der Waals surface area contributed by atoms with E-state index in [1.807, 2.05) is 35.9 Å². The van der Waals surface area contributed by atoms with Crippen LogP contribution in [-0.2, 0) is 16.9 Å². The summed E-state index contributed by atoms with van der Waals surface area (Å²) < 4.78 is 25.2. The molecule has 1 heterocycles. The van der Waals surface area contributed by atoms with Crippen LogP contribution in [0.4, 0.5) is 0 Å². The first-order valence-electron chi connectivity index (χ1n) is 9.10. The lowest BCUT2D eigenvalue weighted by Gasteiger charge is -2.19. The summed E-state index contributed by atoms with van der Waals surface area (Å²) in [5, 5.41) is 4.73. The number of aromatic nitrogens is 1. The molecule has 0 unspecified atom stereocenters. The van der Waals surface area contributed by atoms with Gasteiger partial charge in [-0.3, -0.25) is 4.79 Å². The first-order chi connectivity index (χ1) is 13.2. The third-order valence-electron chi connectivity index (χ3n) is 5.29. The maximum Gasteiger partial charge on any atom is 0.268 e. The number of nitrogens with one attached hydrogen (secondary N) is 1. The van der Waals surface area contributed by atoms with Crippen molar-refractivity contribution in [1.82, 2.24) is 9.88 Å². The maximum atomic E-state index is 13.0. The van der Waals surface area contributed by atoms with Gasteiger partial charge in [0, 0.05) is 29.2 Å². The van der Waals surface area contributed by atoms with Crippen LogP contribution in [0.3, 0.4) is 0 Å². The number of hydrogen-bond acceptors (Lipinski definition) is 3. The first kappa shape index (κ1) is 19.0. The summed E-state index contributed by atoms with van der Waals surface area (Å²) in [5.74, 6) is 0.219. The van der Waals surface area contributed by atoms with Crippen molar-refractivity contribution in [2.45, 2.75) is 23.8 Å². The van der Waals surface area contributed by atoms with Gasteiger partial charge in [0.05, 0.1) is 10.9 Å². The minimum Gasteiger partial charge on any atom is -0.344 e. The monoisotopic (exact) mass is 416 g/mol. The Morgan fingerprint density at radius 1 is 1.14 bits per heavy atom. The predicted octanol–water partition coefficient (Wildman–Crippen LogP) is 4.12. The van der Waals surface area contributed by atoms with Crippen molar-refractivity contribution in [1.29, 1.82) is 0 Å². The second kappa shape index (κ2) is 6.94. The molecule has 1 amide bonds. The van der Waals surface area contributed by atoms with Gasteiger partial charge in [0.1, 0.15) is 5.69 Å². The van der Waals surface area contributed by atoms with Crippen LogP contribution < -0.4 is 5.32 Å². The zero-order valence-electron chi connectivity index (χ0n) is 15.6. The number of fused-ring (bicyclic) bond motifs is 1. The molecule has 1 fully saturated rings. The van der Waals surface area contributed by atoms with E-state index in [2.05, 4.69) is 5.32 Å². The van der Waals surface area contributed by atoms with Crippen LogP contribution in [0.5, 0.6) is 0 Å². The Morgan fingerprint density at radius 2 is 1.82 bits per heavy atom. The molecule has 1 aromatic heterocycles. The lowest BCUT2D eigenvalue weighted by Crippen LogP contribution is -2.31. The Morgan fingerprint density at radius 3 is 2.43 bits per heavy atom. The lowest BCUT2D eigenvalue weighted by molar-refractivity contribution is 0.0924. The Kier molecular flexibility index (Phi) is 4.71. The van der Waals surface area contributed by atoms with Gasteiger partial charge >= 0.3 is 0 Å². The summed E-state index contributed by atoms with van der Waals surface area (Å²) in [6, 6.07) is 14.1. The van der Waals surface area contributed by atoms with Gasteiger partial charge in [0.15, 0.2) is 9.84 Å². The summed E-state index contributed by atoms with van der Waals surface area (Å²) >= 11 is 6.08. The molecule has 4 rings (SSSR count). The van der Waals surface area contributed by atoms with Crippen molar-refractivity contribution in [2.75, 3.05) is 6.26 Å². The summed E-state index contributed by atoms with van der Waals surface area (Å²) in [4.78, 5) is 13.3. The molecule has 7 heteroatoms. The fourth-order valence-corrected chi connectivity index (χ4v) is 4.36. The Bertz CT molecular complexity index is 1160. The second-order valence-electron chi connectivity index (χ2n) is 7.42. The van der Waals surface area contributed by atoms with Gasteiger partial charge in [-0.15, -0.1) is 0 Å². The van der Waals surface area contributed by atoms with Gasteiger partial charge in [-0.2, -0.15) is 0 Å². The number of aryl methyl sites for hydroxylation is 1. The van der Waals surface area contributed by atoms with E-state index < -0.39 is 9.84 Å². The van der Waals surface area contributed by atoms with Crippen LogP contribution in [0.15, 0.2) is 53.4 Å². The molecule has 0 aliphatic heterocycles. The molecule has 146 valence electrons. The van der Waals surface area contributed by atoms with Crippen LogP contribution in [0, 0.1) is 5.92 Å². The molecule has 1 atom stereocenters. The van der Waals surface area contributed by atoms with E-state index in [1.165, 1.54) is 6.26 Å². The number of carbonyl (C=O) groups excluding carboxylic acids is 1. The quantitative estimate of drug-likeness (QED) is 0.680. The molecule has 3 aromatic rings. The van der Waals surface area contributed by atoms with E-state index >= 15 is 0 Å². The van der Waals surface area contributed by atoms with Crippen LogP contribution in [0.25, 0.3) is 10.9 Å². The van der Waals surface area contributed by atoms with E-state index in [1.54, 1.807) is 24.3 Å². The zero-order chi connectivity index (χ0) is 20.1. The first-order valence-corrected chi connectivity index (χ1v) is 11.4. The van der Waals surface area contributed by atoms with Crippen LogP contribution in [-0.4, -0.2) is 25.1 Å². The normalized spacial score (nSPS) is 15.5. The number of halogens is 1. The van der Waals surface area contributed by atoms with E-state index in [0.29, 0.717) is 16.6 Å². The average Bonchev–Trinajstić information content (AvgIpc) is 3.44. The minimum absolute atomic E-state index is 0.136. The highest BCUT2D eigenvalue weighted by Crippen LogP contribution is 2.41. The smallest absolute Gasteiger partial charge is 0.268 e. The van der Waals surface area contributed by atoms with Gasteiger partial charge < -0.3 is 9.88 Å². The highest BCUT2D eigenvalue weighted by atomic mass is 35.5. The van der Waals surface area contributed by atoms with E-state index in [0.717, 1.165) is 29.3 Å². The number of rotatable bonds is 5. The van der Waals surface area contributed by atoms with E-state index in [4.69, 9.17) is 11.6 Å². The van der Waals surface area contributed by atoms with Crippen molar-refractivity contribution in [3.63, 3.8) is 0 Å². The fraction of sp³-hybridized carbons (Fsp3) is 0.286. The van der Waals surface area contributed by atoms with Gasteiger partial charge in [-0.1, -0.05) is 29.8 Å². The van der Waals surface area contributed by atoms with Crippen molar-refractivity contribution in [3.8, 4) is 0 Å². The summed E-state index contributed by atoms with van der Waals surface area (Å²) in [6.07, 6.45) is 3.28. The lowest BCUT2D eigenvalue weighted by atomic mass is 10.0. The van der Waals surface area contributed by atoms with E-state index in [9.17, 15) is 13.2 Å². The molecular formula is C21H21ClN2O3S. The molecule has 2 aromatic carbocycles. The molecule has 0 spiro atoms. The topological polar surface area (TPSA) is 68.2 Å². The summed E-state index contributed by atoms with van der Waals surface area (Å²) in [7, 11) is -1.39. The van der Waals surface area contributed by atoms with Gasteiger partial charge in [0.25, 0.3) is 5.91 Å². The molecule has 1 aliphatic carbocycles. The molecule has 0 radical (unpaired) electrons. The highest BCUT2D eigenvalue weighted by molar-refractivity contribution is 7.90. The number of nitrogens with zero attached hydrogens (tertiary/aromatic N) is 1. The standard InChI is InChI=1S/C21H21ClN2O3S/c1-24-18-12-16(22)8-5-15(18)11-19(24)21(25)23-20(13-3-4-13)14-6-9-17(10-7-14)28(2,26)27/h5-13,20H,3-4H2,1-2H3,(H,23,25)/t20-/m1/s1. The Balaban J connectivity index is 1.62. The van der Waals surface area contributed by atoms with Crippen LogP contribution in [0.1, 0.15) is 34.9 Å². The molecular weight excluding hydrogens is 396 g/mol. The average molecular weight is 417 g/mol. The van der Waals surface area contributed by atoms with Crippen molar-refractivity contribution < 1.29 is 13.2 Å². The number of sulfone groups is 1. The number of carbonyl (C=O) groups is 1. The second-order valence-corrected chi connectivity index (χ2v) is 9.87. The minimum atomic E-state index is -3.24. The Hall–Kier alpha value is -2.31. The van der Waals surface area contributed by atoms with E-state index in [-0.39, 0.29) is 16.8 Å². The Labute approximate surface area is 169 Å². The number of amides is 1. The van der Waals surface area contributed by atoms with Crippen molar-refractivity contribution in [3.05, 3.63) is 64.8 Å². The molecule has 1 N–H and O–H groups in total. The zero-order valence-corrected chi connectivity index (χ0v) is 17.2. The largest absolute Gasteiger partial charge is 0.344 e. The molecule has 0 saturated heterocycles. The molecule has 0 bridgehead atoms. The predicted molar refractivity (Wildman–Crippen MR) is 110 cm³/mol. The maximum absolute atomic E-state index is 13.0. The molecule has 5 nitrogen and oxygen atoms in total. The summed E-state index contributed by atoms with van der Waals surface area (Å²) in [5.41, 5.74) is 2.39. The number of benzene rings is 2. The van der Waals surface area contributed by atoms with Gasteiger partial charge in [-0.05, 0) is 54.7 Å². The van der Waals surface area contributed by atoms with Gasteiger partial charge in [-0.25, -0.2) is 8.42 Å². The SMILES string of the molecule is Cn1c(C(=O)N[C@@H](c2ccc(S(C)(=O)=O)cc2)C2CC2)cc2ccc(Cl)cc21. The molecule has 1 aliphatic rings. The summed E-state index contributed by atoms with van der Waals surface area (Å²) in [6.45, 7) is 0. The van der Waals surface area contributed by atoms with Crippen LogP contribution >= 0.6 is 11.6 Å². The van der Waals surface area contributed by atoms with Gasteiger partial charge in [0.2, 0.25) is 0 Å². The van der Waals surface area contributed by atoms with Crippen molar-refractivity contribution in [2.24, 2.45) is 13.0 Å². The van der Waals surface area contributed by atoms with Crippen LogP contribution in [0.2, 0.25) is 5.02 Å². The third kappa shape index (κ3) is 3.66. The fourth-order valence-electron chi connectivity index (χ4n) is 3.56.